The van der Waals surface area contributed by atoms with Crippen molar-refractivity contribution in [2.75, 3.05) is 19.5 Å². The minimum atomic E-state index is -0.124. The van der Waals surface area contributed by atoms with Gasteiger partial charge < -0.3 is 14.8 Å². The van der Waals surface area contributed by atoms with Crippen LogP contribution in [0.1, 0.15) is 37.8 Å². The Morgan fingerprint density at radius 1 is 1.04 bits per heavy atom. The molecule has 0 unspecified atom stereocenters. The molecule has 138 valence electrons. The van der Waals surface area contributed by atoms with E-state index in [9.17, 15) is 4.79 Å². The number of rotatable bonds is 8. The average Bonchev–Trinajstić information content (AvgIpc) is 2.67. The Morgan fingerprint density at radius 2 is 1.73 bits per heavy atom. The SMILES string of the molecule is CCCCc1ccc(NC(=O)/C(C)=C/c2ccc(OC)c(OC)c2)cc1. The highest BCUT2D eigenvalue weighted by Gasteiger charge is 2.07. The number of carbonyl (C=O) groups excluding carboxylic acids is 1. The Morgan fingerprint density at radius 3 is 2.35 bits per heavy atom. The Labute approximate surface area is 155 Å². The number of anilines is 1. The molecular formula is C22H27NO3. The molecule has 0 aromatic heterocycles. The summed E-state index contributed by atoms with van der Waals surface area (Å²) >= 11 is 0. The lowest BCUT2D eigenvalue weighted by Gasteiger charge is -2.09. The first-order valence-electron chi connectivity index (χ1n) is 8.88. The molecule has 2 rings (SSSR count). The van der Waals surface area contributed by atoms with Gasteiger partial charge in [-0.2, -0.15) is 0 Å². The Bertz CT molecular complexity index is 763. The molecule has 2 aromatic rings. The van der Waals surface area contributed by atoms with E-state index >= 15 is 0 Å². The molecule has 1 N–H and O–H groups in total. The first-order chi connectivity index (χ1) is 12.6. The van der Waals surface area contributed by atoms with Gasteiger partial charge in [-0.1, -0.05) is 31.5 Å². The number of nitrogens with one attached hydrogen (secondary N) is 1. The van der Waals surface area contributed by atoms with Crippen molar-refractivity contribution in [2.45, 2.75) is 33.1 Å². The Balaban J connectivity index is 2.05. The molecule has 0 saturated carbocycles. The topological polar surface area (TPSA) is 47.6 Å². The van der Waals surface area contributed by atoms with Crippen LogP contribution in [0.25, 0.3) is 6.08 Å². The van der Waals surface area contributed by atoms with E-state index in [0.29, 0.717) is 17.1 Å². The van der Waals surface area contributed by atoms with Gasteiger partial charge in [0.15, 0.2) is 11.5 Å². The number of carbonyl (C=O) groups is 1. The molecule has 0 bridgehead atoms. The van der Waals surface area contributed by atoms with E-state index in [0.717, 1.165) is 17.7 Å². The zero-order chi connectivity index (χ0) is 18.9. The Hall–Kier alpha value is -2.75. The number of methoxy groups -OCH3 is 2. The highest BCUT2D eigenvalue weighted by molar-refractivity contribution is 6.06. The summed E-state index contributed by atoms with van der Waals surface area (Å²) in [5.74, 6) is 1.17. The third-order valence-corrected chi connectivity index (χ3v) is 4.18. The number of hydrogen-bond acceptors (Lipinski definition) is 3. The van der Waals surface area contributed by atoms with Gasteiger partial charge >= 0.3 is 0 Å². The van der Waals surface area contributed by atoms with Crippen molar-refractivity contribution in [1.82, 2.24) is 0 Å². The first-order valence-corrected chi connectivity index (χ1v) is 8.88. The summed E-state index contributed by atoms with van der Waals surface area (Å²) in [6.45, 7) is 3.98. The van der Waals surface area contributed by atoms with E-state index in [1.165, 1.54) is 18.4 Å². The minimum absolute atomic E-state index is 0.124. The molecule has 0 atom stereocenters. The summed E-state index contributed by atoms with van der Waals surface area (Å²) in [6.07, 6.45) is 5.26. The van der Waals surface area contributed by atoms with Crippen LogP contribution >= 0.6 is 0 Å². The third-order valence-electron chi connectivity index (χ3n) is 4.18. The summed E-state index contributed by atoms with van der Waals surface area (Å²) in [6, 6.07) is 13.6. The van der Waals surface area contributed by atoms with E-state index in [4.69, 9.17) is 9.47 Å². The van der Waals surface area contributed by atoms with Crippen LogP contribution in [-0.4, -0.2) is 20.1 Å². The number of hydrogen-bond donors (Lipinski definition) is 1. The van der Waals surface area contributed by atoms with E-state index in [1.807, 2.05) is 36.4 Å². The van der Waals surface area contributed by atoms with Crippen molar-refractivity contribution >= 4 is 17.7 Å². The molecule has 0 spiro atoms. The maximum atomic E-state index is 12.4. The van der Waals surface area contributed by atoms with Crippen molar-refractivity contribution in [3.63, 3.8) is 0 Å². The molecule has 4 nitrogen and oxygen atoms in total. The van der Waals surface area contributed by atoms with Crippen LogP contribution in [-0.2, 0) is 11.2 Å². The maximum Gasteiger partial charge on any atom is 0.251 e. The molecule has 0 saturated heterocycles. The van der Waals surface area contributed by atoms with Gasteiger partial charge in [0.25, 0.3) is 5.91 Å². The van der Waals surface area contributed by atoms with Crippen LogP contribution in [0.3, 0.4) is 0 Å². The number of unbranched alkanes of at least 4 members (excludes halogenated alkanes) is 1. The van der Waals surface area contributed by atoms with Crippen LogP contribution < -0.4 is 14.8 Å². The number of benzene rings is 2. The van der Waals surface area contributed by atoms with Gasteiger partial charge in [-0.3, -0.25) is 4.79 Å². The van der Waals surface area contributed by atoms with Crippen LogP contribution in [0.2, 0.25) is 0 Å². The summed E-state index contributed by atoms with van der Waals surface area (Å²) in [5.41, 5.74) is 3.59. The molecule has 4 heteroatoms. The van der Waals surface area contributed by atoms with Gasteiger partial charge in [-0.25, -0.2) is 0 Å². The zero-order valence-electron chi connectivity index (χ0n) is 16.0. The molecule has 0 fully saturated rings. The van der Waals surface area contributed by atoms with Crippen LogP contribution in [0, 0.1) is 0 Å². The van der Waals surface area contributed by atoms with E-state index in [1.54, 1.807) is 21.1 Å². The zero-order valence-corrected chi connectivity index (χ0v) is 16.0. The number of aryl methyl sites for hydroxylation is 1. The predicted octanol–water partition coefficient (Wildman–Crippen LogP) is 5.09. The molecule has 0 radical (unpaired) electrons. The number of amides is 1. The molecule has 0 heterocycles. The summed E-state index contributed by atoms with van der Waals surface area (Å²) < 4.78 is 10.5. The highest BCUT2D eigenvalue weighted by atomic mass is 16.5. The molecule has 0 aliphatic heterocycles. The minimum Gasteiger partial charge on any atom is -0.493 e. The molecule has 0 aliphatic carbocycles. The second kappa shape index (κ2) is 9.66. The largest absolute Gasteiger partial charge is 0.493 e. The van der Waals surface area contributed by atoms with Crippen molar-refractivity contribution < 1.29 is 14.3 Å². The number of ether oxygens (including phenoxy) is 2. The lowest BCUT2D eigenvalue weighted by atomic mass is 10.1. The average molecular weight is 353 g/mol. The Kier molecular flexibility index (Phi) is 7.27. The summed E-state index contributed by atoms with van der Waals surface area (Å²) in [5, 5.41) is 2.93. The molecule has 0 aliphatic rings. The summed E-state index contributed by atoms with van der Waals surface area (Å²) in [7, 11) is 3.19. The van der Waals surface area contributed by atoms with Crippen LogP contribution in [0.15, 0.2) is 48.0 Å². The van der Waals surface area contributed by atoms with Crippen molar-refractivity contribution in [2.24, 2.45) is 0 Å². The van der Waals surface area contributed by atoms with Gasteiger partial charge in [0.2, 0.25) is 0 Å². The molecule has 26 heavy (non-hydrogen) atoms. The smallest absolute Gasteiger partial charge is 0.251 e. The van der Waals surface area contributed by atoms with Gasteiger partial charge in [-0.15, -0.1) is 0 Å². The van der Waals surface area contributed by atoms with Gasteiger partial charge in [0.05, 0.1) is 14.2 Å². The van der Waals surface area contributed by atoms with E-state index in [-0.39, 0.29) is 5.91 Å². The standard InChI is InChI=1S/C22H27NO3/c1-5-6-7-17-8-11-19(12-9-17)23-22(24)16(2)14-18-10-13-20(25-3)21(15-18)26-4/h8-15H,5-7H2,1-4H3,(H,23,24)/b16-14+. The molecular weight excluding hydrogens is 326 g/mol. The van der Waals surface area contributed by atoms with Crippen molar-refractivity contribution in [3.8, 4) is 11.5 Å². The van der Waals surface area contributed by atoms with Gasteiger partial charge in [-0.05, 0) is 61.2 Å². The second-order valence-electron chi connectivity index (χ2n) is 6.20. The maximum absolute atomic E-state index is 12.4. The predicted molar refractivity (Wildman–Crippen MR) is 107 cm³/mol. The van der Waals surface area contributed by atoms with Gasteiger partial charge in [0, 0.05) is 11.3 Å². The molecule has 1 amide bonds. The second-order valence-corrected chi connectivity index (χ2v) is 6.20. The quantitative estimate of drug-likeness (QED) is 0.673. The monoisotopic (exact) mass is 353 g/mol. The fraction of sp³-hybridized carbons (Fsp3) is 0.318. The fourth-order valence-electron chi connectivity index (χ4n) is 2.62. The van der Waals surface area contributed by atoms with Crippen LogP contribution in [0.5, 0.6) is 11.5 Å². The lowest BCUT2D eigenvalue weighted by molar-refractivity contribution is -0.112. The van der Waals surface area contributed by atoms with Crippen molar-refractivity contribution in [1.29, 1.82) is 0 Å². The fourth-order valence-corrected chi connectivity index (χ4v) is 2.62. The normalized spacial score (nSPS) is 11.2. The first kappa shape index (κ1) is 19.6. The summed E-state index contributed by atoms with van der Waals surface area (Å²) in [4.78, 5) is 12.4. The molecule has 2 aromatic carbocycles. The third kappa shape index (κ3) is 5.38. The highest BCUT2D eigenvalue weighted by Crippen LogP contribution is 2.28. The van der Waals surface area contributed by atoms with Crippen molar-refractivity contribution in [3.05, 3.63) is 59.2 Å². The van der Waals surface area contributed by atoms with E-state index < -0.39 is 0 Å². The van der Waals surface area contributed by atoms with Gasteiger partial charge in [0.1, 0.15) is 0 Å². The lowest BCUT2D eigenvalue weighted by Crippen LogP contribution is -2.12. The van der Waals surface area contributed by atoms with Crippen LogP contribution in [0.4, 0.5) is 5.69 Å². The van der Waals surface area contributed by atoms with E-state index in [2.05, 4.69) is 24.4 Å².